The maximum atomic E-state index is 13.5. The molecule has 0 aliphatic heterocycles. The lowest BCUT2D eigenvalue weighted by atomic mass is 10.1. The largest absolute Gasteiger partial charge is 0.478 e. The van der Waals surface area contributed by atoms with Crippen molar-refractivity contribution in [3.8, 4) is 0 Å². The predicted octanol–water partition coefficient (Wildman–Crippen LogP) is 3.45. The minimum absolute atomic E-state index is 0.282. The van der Waals surface area contributed by atoms with Crippen LogP contribution in [0.5, 0.6) is 0 Å². The zero-order valence-electron chi connectivity index (χ0n) is 12.9. The SMILES string of the molecule is CC(C)(C)OC(=O)NCCC=Cc1cccc(F)c1C(=O)O. The number of hydrogen-bond donors (Lipinski definition) is 2. The number of nitrogens with one attached hydrogen (secondary N) is 1. The third kappa shape index (κ3) is 5.95. The van der Waals surface area contributed by atoms with Crippen LogP contribution in [0.2, 0.25) is 0 Å². The molecule has 0 aromatic heterocycles. The highest BCUT2D eigenvalue weighted by Crippen LogP contribution is 2.15. The number of halogens is 1. The molecule has 0 heterocycles. The number of carbonyl (C=O) groups excluding carboxylic acids is 1. The number of amides is 1. The number of aromatic carboxylic acids is 1. The van der Waals surface area contributed by atoms with Crippen molar-refractivity contribution in [1.29, 1.82) is 0 Å². The Hall–Kier alpha value is -2.37. The van der Waals surface area contributed by atoms with E-state index >= 15 is 0 Å². The summed E-state index contributed by atoms with van der Waals surface area (Å²) in [5.74, 6) is -2.09. The van der Waals surface area contributed by atoms with Crippen molar-refractivity contribution < 1.29 is 23.8 Å². The topological polar surface area (TPSA) is 75.6 Å². The summed E-state index contributed by atoms with van der Waals surface area (Å²) in [6.45, 7) is 5.64. The maximum Gasteiger partial charge on any atom is 0.407 e. The second-order valence-electron chi connectivity index (χ2n) is 5.63. The van der Waals surface area contributed by atoms with Gasteiger partial charge in [-0.15, -0.1) is 0 Å². The molecule has 0 fully saturated rings. The highest BCUT2D eigenvalue weighted by atomic mass is 19.1. The fraction of sp³-hybridized carbons (Fsp3) is 0.375. The van der Waals surface area contributed by atoms with Gasteiger partial charge in [0, 0.05) is 6.54 Å². The Bertz CT molecular complexity index is 576. The van der Waals surface area contributed by atoms with Crippen molar-refractivity contribution >= 4 is 18.1 Å². The molecule has 0 atom stereocenters. The highest BCUT2D eigenvalue weighted by molar-refractivity contribution is 5.92. The molecule has 22 heavy (non-hydrogen) atoms. The molecule has 1 aromatic rings. The van der Waals surface area contributed by atoms with Gasteiger partial charge in [-0.1, -0.05) is 24.3 Å². The van der Waals surface area contributed by atoms with E-state index in [1.807, 2.05) is 0 Å². The lowest BCUT2D eigenvalue weighted by molar-refractivity contribution is 0.0528. The Morgan fingerprint density at radius 1 is 1.36 bits per heavy atom. The van der Waals surface area contributed by atoms with E-state index in [-0.39, 0.29) is 11.1 Å². The maximum absolute atomic E-state index is 13.5. The second kappa shape index (κ2) is 7.59. The van der Waals surface area contributed by atoms with Gasteiger partial charge in [-0.25, -0.2) is 14.0 Å². The van der Waals surface area contributed by atoms with Gasteiger partial charge in [0.1, 0.15) is 17.0 Å². The third-order valence-corrected chi connectivity index (χ3v) is 2.54. The number of benzene rings is 1. The van der Waals surface area contributed by atoms with Crippen molar-refractivity contribution in [1.82, 2.24) is 5.32 Å². The number of hydrogen-bond acceptors (Lipinski definition) is 3. The van der Waals surface area contributed by atoms with Gasteiger partial charge >= 0.3 is 12.1 Å². The first-order chi connectivity index (χ1) is 10.2. The summed E-state index contributed by atoms with van der Waals surface area (Å²) >= 11 is 0. The average molecular weight is 309 g/mol. The van der Waals surface area contributed by atoms with E-state index in [1.165, 1.54) is 18.2 Å². The lowest BCUT2D eigenvalue weighted by Gasteiger charge is -2.19. The Labute approximate surface area is 128 Å². The van der Waals surface area contributed by atoms with Crippen LogP contribution in [0, 0.1) is 5.82 Å². The number of alkyl carbamates (subject to hydrolysis) is 1. The number of carbonyl (C=O) groups is 2. The summed E-state index contributed by atoms with van der Waals surface area (Å²) in [7, 11) is 0. The van der Waals surface area contributed by atoms with Crippen LogP contribution in [-0.4, -0.2) is 29.3 Å². The first-order valence-electron chi connectivity index (χ1n) is 6.86. The summed E-state index contributed by atoms with van der Waals surface area (Å²) in [4.78, 5) is 22.4. The fourth-order valence-corrected chi connectivity index (χ4v) is 1.69. The van der Waals surface area contributed by atoms with E-state index in [9.17, 15) is 14.0 Å². The molecule has 5 nitrogen and oxygen atoms in total. The highest BCUT2D eigenvalue weighted by Gasteiger charge is 2.15. The zero-order chi connectivity index (χ0) is 16.8. The summed E-state index contributed by atoms with van der Waals surface area (Å²) in [6.07, 6.45) is 3.13. The van der Waals surface area contributed by atoms with Gasteiger partial charge in [-0.05, 0) is 38.8 Å². The van der Waals surface area contributed by atoms with Crippen LogP contribution >= 0.6 is 0 Å². The van der Waals surface area contributed by atoms with Crippen molar-refractivity contribution in [2.24, 2.45) is 0 Å². The molecular weight excluding hydrogens is 289 g/mol. The van der Waals surface area contributed by atoms with Crippen LogP contribution in [0.4, 0.5) is 9.18 Å². The number of ether oxygens (including phenoxy) is 1. The Balaban J connectivity index is 2.53. The van der Waals surface area contributed by atoms with E-state index in [4.69, 9.17) is 9.84 Å². The smallest absolute Gasteiger partial charge is 0.407 e. The first-order valence-corrected chi connectivity index (χ1v) is 6.86. The molecule has 1 amide bonds. The molecule has 0 saturated heterocycles. The quantitative estimate of drug-likeness (QED) is 0.817. The predicted molar refractivity (Wildman–Crippen MR) is 81.2 cm³/mol. The normalized spacial score (nSPS) is 11.5. The molecule has 0 spiro atoms. The van der Waals surface area contributed by atoms with Crippen LogP contribution in [-0.2, 0) is 4.74 Å². The summed E-state index contributed by atoms with van der Waals surface area (Å²) in [5.41, 5.74) is -0.638. The monoisotopic (exact) mass is 309 g/mol. The fourth-order valence-electron chi connectivity index (χ4n) is 1.69. The zero-order valence-corrected chi connectivity index (χ0v) is 12.9. The van der Waals surface area contributed by atoms with Gasteiger partial charge in [0.15, 0.2) is 0 Å². The van der Waals surface area contributed by atoms with Gasteiger partial charge < -0.3 is 15.2 Å². The van der Waals surface area contributed by atoms with Gasteiger partial charge in [-0.3, -0.25) is 0 Å². The molecule has 0 unspecified atom stereocenters. The Morgan fingerprint density at radius 3 is 2.64 bits per heavy atom. The van der Waals surface area contributed by atoms with Gasteiger partial charge in [0.25, 0.3) is 0 Å². The molecule has 2 N–H and O–H groups in total. The molecule has 0 bridgehead atoms. The molecule has 6 heteroatoms. The van der Waals surface area contributed by atoms with E-state index in [1.54, 1.807) is 26.8 Å². The first kappa shape index (κ1) is 17.7. The summed E-state index contributed by atoms with van der Waals surface area (Å²) in [5, 5.41) is 11.6. The minimum atomic E-state index is -1.32. The molecule has 1 aromatic carbocycles. The van der Waals surface area contributed by atoms with Gasteiger partial charge in [0.05, 0.1) is 0 Å². The number of rotatable bonds is 5. The number of carboxylic acid groups (broad SMARTS) is 1. The molecule has 0 aliphatic carbocycles. The van der Waals surface area contributed by atoms with E-state index in [2.05, 4.69) is 5.32 Å². The van der Waals surface area contributed by atoms with E-state index < -0.39 is 23.5 Å². The van der Waals surface area contributed by atoms with Crippen LogP contribution < -0.4 is 5.32 Å². The van der Waals surface area contributed by atoms with Gasteiger partial charge in [0.2, 0.25) is 0 Å². The second-order valence-corrected chi connectivity index (χ2v) is 5.63. The standard InChI is InChI=1S/C16H20FNO4/c1-16(2,3)22-15(21)18-10-5-4-7-11-8-6-9-12(17)13(11)14(19)20/h4,6-9H,5,10H2,1-3H3,(H,18,21)(H,19,20). The molecule has 0 radical (unpaired) electrons. The van der Waals surface area contributed by atoms with E-state index in [0.717, 1.165) is 6.07 Å². The van der Waals surface area contributed by atoms with Crippen molar-refractivity contribution in [3.05, 3.63) is 41.2 Å². The molecule has 1 rings (SSSR count). The summed E-state index contributed by atoms with van der Waals surface area (Å²) < 4.78 is 18.5. The minimum Gasteiger partial charge on any atom is -0.478 e. The third-order valence-electron chi connectivity index (χ3n) is 2.54. The van der Waals surface area contributed by atoms with Crippen molar-refractivity contribution in [3.63, 3.8) is 0 Å². The van der Waals surface area contributed by atoms with Crippen LogP contribution in [0.3, 0.4) is 0 Å². The van der Waals surface area contributed by atoms with E-state index in [0.29, 0.717) is 13.0 Å². The molecule has 0 aliphatic rings. The Kier molecular flexibility index (Phi) is 6.10. The number of carboxylic acids is 1. The van der Waals surface area contributed by atoms with Gasteiger partial charge in [-0.2, -0.15) is 0 Å². The average Bonchev–Trinajstić information content (AvgIpc) is 2.35. The van der Waals surface area contributed by atoms with Crippen molar-refractivity contribution in [2.75, 3.05) is 6.54 Å². The molecule has 120 valence electrons. The summed E-state index contributed by atoms with van der Waals surface area (Å²) in [6, 6.07) is 4.07. The van der Waals surface area contributed by atoms with Crippen LogP contribution in [0.25, 0.3) is 6.08 Å². The molecular formula is C16H20FNO4. The van der Waals surface area contributed by atoms with Crippen LogP contribution in [0.1, 0.15) is 43.1 Å². The lowest BCUT2D eigenvalue weighted by Crippen LogP contribution is -2.32. The molecule has 0 saturated carbocycles. The van der Waals surface area contributed by atoms with Crippen LogP contribution in [0.15, 0.2) is 24.3 Å². The van der Waals surface area contributed by atoms with Crippen molar-refractivity contribution in [2.45, 2.75) is 32.8 Å². The Morgan fingerprint density at radius 2 is 2.05 bits per heavy atom.